The standard InChI is InChI=1S/C26H32N4O4S2.ClH/c1-6-15-29(16-7-2)36(32,33)22-12-9-20(10-13-22)25(31)30(18-8-17-28(3)4)26-27-23-19-21(34-5)11-14-24(23)35-26;/h6-7,9-14,19H,1-2,8,15-18H2,3-5H3;1H. The number of rotatable bonds is 13. The molecule has 1 aromatic heterocycles. The van der Waals surface area contributed by atoms with Gasteiger partial charge in [0.05, 0.1) is 22.2 Å². The van der Waals surface area contributed by atoms with Gasteiger partial charge >= 0.3 is 0 Å². The molecule has 37 heavy (non-hydrogen) atoms. The fourth-order valence-corrected chi connectivity index (χ4v) is 5.95. The van der Waals surface area contributed by atoms with E-state index < -0.39 is 10.0 Å². The highest BCUT2D eigenvalue weighted by atomic mass is 35.5. The summed E-state index contributed by atoms with van der Waals surface area (Å²) in [4.78, 5) is 22.1. The lowest BCUT2D eigenvalue weighted by Crippen LogP contribution is -2.33. The van der Waals surface area contributed by atoms with Crippen LogP contribution in [-0.4, -0.2) is 75.9 Å². The van der Waals surface area contributed by atoms with Crippen molar-refractivity contribution in [3.8, 4) is 5.75 Å². The molecule has 8 nitrogen and oxygen atoms in total. The van der Waals surface area contributed by atoms with Crippen LogP contribution in [-0.2, 0) is 10.0 Å². The molecular formula is C26H33ClN4O4S2. The first-order chi connectivity index (χ1) is 17.2. The highest BCUT2D eigenvalue weighted by molar-refractivity contribution is 7.89. The minimum absolute atomic E-state index is 0. The second-order valence-corrected chi connectivity index (χ2v) is 11.3. The summed E-state index contributed by atoms with van der Waals surface area (Å²) in [5, 5.41) is 0.585. The van der Waals surface area contributed by atoms with Crippen LogP contribution in [0.3, 0.4) is 0 Å². The van der Waals surface area contributed by atoms with Crippen molar-refractivity contribution in [3.63, 3.8) is 0 Å². The van der Waals surface area contributed by atoms with Crippen LogP contribution in [0, 0.1) is 0 Å². The van der Waals surface area contributed by atoms with Crippen molar-refractivity contribution in [3.05, 3.63) is 73.3 Å². The molecule has 0 bridgehead atoms. The lowest BCUT2D eigenvalue weighted by atomic mass is 10.2. The zero-order valence-electron chi connectivity index (χ0n) is 21.3. The molecule has 0 atom stereocenters. The molecule has 0 saturated heterocycles. The molecule has 3 aromatic rings. The van der Waals surface area contributed by atoms with Crippen molar-refractivity contribution in [1.82, 2.24) is 14.2 Å². The predicted octanol–water partition coefficient (Wildman–Crippen LogP) is 4.69. The quantitative estimate of drug-likeness (QED) is 0.280. The molecule has 0 fully saturated rings. The van der Waals surface area contributed by atoms with Crippen LogP contribution in [0.4, 0.5) is 5.13 Å². The van der Waals surface area contributed by atoms with Gasteiger partial charge in [-0.3, -0.25) is 9.69 Å². The van der Waals surface area contributed by atoms with Crippen molar-refractivity contribution in [1.29, 1.82) is 0 Å². The number of hydrogen-bond donors (Lipinski definition) is 0. The summed E-state index contributed by atoms with van der Waals surface area (Å²) in [6, 6.07) is 11.6. The highest BCUT2D eigenvalue weighted by Crippen LogP contribution is 2.32. The molecule has 2 aromatic carbocycles. The van der Waals surface area contributed by atoms with Crippen LogP contribution in [0.25, 0.3) is 10.2 Å². The van der Waals surface area contributed by atoms with Crippen LogP contribution in [0.2, 0.25) is 0 Å². The number of anilines is 1. The van der Waals surface area contributed by atoms with Gasteiger partial charge in [-0.25, -0.2) is 13.4 Å². The summed E-state index contributed by atoms with van der Waals surface area (Å²) in [5.41, 5.74) is 1.14. The van der Waals surface area contributed by atoms with Gasteiger partial charge in [-0.1, -0.05) is 23.5 Å². The maximum atomic E-state index is 13.6. The predicted molar refractivity (Wildman–Crippen MR) is 154 cm³/mol. The summed E-state index contributed by atoms with van der Waals surface area (Å²) in [6.45, 7) is 8.87. The average molecular weight is 565 g/mol. The van der Waals surface area contributed by atoms with Gasteiger partial charge in [0.1, 0.15) is 5.75 Å². The van der Waals surface area contributed by atoms with Gasteiger partial charge < -0.3 is 9.64 Å². The van der Waals surface area contributed by atoms with Gasteiger partial charge in [0.25, 0.3) is 5.91 Å². The van der Waals surface area contributed by atoms with E-state index in [2.05, 4.69) is 18.1 Å². The Bertz CT molecular complexity index is 1310. The van der Waals surface area contributed by atoms with Gasteiger partial charge in [-0.05, 0) is 63.5 Å². The Kier molecular flexibility index (Phi) is 11.3. The minimum atomic E-state index is -3.75. The normalized spacial score (nSPS) is 11.4. The largest absolute Gasteiger partial charge is 0.497 e. The number of nitrogens with zero attached hydrogens (tertiary/aromatic N) is 4. The van der Waals surface area contributed by atoms with Crippen LogP contribution in [0.15, 0.2) is 72.7 Å². The average Bonchev–Trinajstić information content (AvgIpc) is 3.29. The number of fused-ring (bicyclic) bond motifs is 1. The first kappa shape index (κ1) is 30.5. The maximum absolute atomic E-state index is 13.6. The van der Waals surface area contributed by atoms with Gasteiger partial charge in [0.15, 0.2) is 5.13 Å². The number of carbonyl (C=O) groups excluding carboxylic acids is 1. The van der Waals surface area contributed by atoms with Crippen molar-refractivity contribution < 1.29 is 17.9 Å². The zero-order chi connectivity index (χ0) is 26.3. The molecule has 0 unspecified atom stereocenters. The Hall–Kier alpha value is -2.76. The molecule has 200 valence electrons. The first-order valence-electron chi connectivity index (χ1n) is 11.4. The lowest BCUT2D eigenvalue weighted by Gasteiger charge is -2.22. The van der Waals surface area contributed by atoms with E-state index in [1.807, 2.05) is 32.3 Å². The number of benzene rings is 2. The Morgan fingerprint density at radius 1 is 1.05 bits per heavy atom. The smallest absolute Gasteiger partial charge is 0.260 e. The molecule has 0 spiro atoms. The summed E-state index contributed by atoms with van der Waals surface area (Å²) >= 11 is 1.43. The van der Waals surface area contributed by atoms with E-state index in [0.717, 1.165) is 23.2 Å². The van der Waals surface area contributed by atoms with E-state index in [1.54, 1.807) is 24.1 Å². The number of carbonyl (C=O) groups is 1. The molecule has 0 aliphatic heterocycles. The molecule has 11 heteroatoms. The van der Waals surface area contributed by atoms with Gasteiger partial charge in [0.2, 0.25) is 10.0 Å². The number of hydrogen-bond acceptors (Lipinski definition) is 7. The second kappa shape index (κ2) is 13.7. The number of methoxy groups -OCH3 is 1. The summed E-state index contributed by atoms with van der Waals surface area (Å²) in [6.07, 6.45) is 3.80. The van der Waals surface area contributed by atoms with Gasteiger partial charge in [0, 0.05) is 31.3 Å². The fourth-order valence-electron chi connectivity index (χ4n) is 3.60. The molecular weight excluding hydrogens is 532 g/mol. The van der Waals surface area contributed by atoms with E-state index in [4.69, 9.17) is 9.72 Å². The summed E-state index contributed by atoms with van der Waals surface area (Å²) < 4.78 is 33.6. The topological polar surface area (TPSA) is 83.1 Å². The third-order valence-electron chi connectivity index (χ3n) is 5.45. The third-order valence-corrected chi connectivity index (χ3v) is 8.36. The van der Waals surface area contributed by atoms with E-state index in [0.29, 0.717) is 23.0 Å². The number of ether oxygens (including phenoxy) is 1. The number of thiazole rings is 1. The first-order valence-corrected chi connectivity index (χ1v) is 13.7. The molecule has 1 amide bonds. The highest BCUT2D eigenvalue weighted by Gasteiger charge is 2.25. The van der Waals surface area contributed by atoms with Crippen molar-refractivity contribution in [2.24, 2.45) is 0 Å². The zero-order valence-corrected chi connectivity index (χ0v) is 23.7. The van der Waals surface area contributed by atoms with Crippen molar-refractivity contribution in [2.45, 2.75) is 11.3 Å². The van der Waals surface area contributed by atoms with Crippen molar-refractivity contribution in [2.75, 3.05) is 52.3 Å². The summed E-state index contributed by atoms with van der Waals surface area (Å²) in [5.74, 6) is 0.460. The second-order valence-electron chi connectivity index (χ2n) is 8.37. The molecule has 0 aliphatic carbocycles. The van der Waals surface area contributed by atoms with E-state index in [9.17, 15) is 13.2 Å². The van der Waals surface area contributed by atoms with Crippen LogP contribution in [0.1, 0.15) is 16.8 Å². The Labute approximate surface area is 229 Å². The van der Waals surface area contributed by atoms with Crippen LogP contribution < -0.4 is 9.64 Å². The SMILES string of the molecule is C=CCN(CC=C)S(=O)(=O)c1ccc(C(=O)N(CCCN(C)C)c2nc3cc(OC)ccc3s2)cc1.Cl. The van der Waals surface area contributed by atoms with Crippen LogP contribution in [0.5, 0.6) is 5.75 Å². The minimum Gasteiger partial charge on any atom is -0.497 e. The van der Waals surface area contributed by atoms with Crippen molar-refractivity contribution >= 4 is 55.0 Å². The molecule has 0 radical (unpaired) electrons. The lowest BCUT2D eigenvalue weighted by molar-refractivity contribution is 0.0986. The molecule has 0 N–H and O–H groups in total. The number of halogens is 1. The van der Waals surface area contributed by atoms with Crippen LogP contribution >= 0.6 is 23.7 Å². The number of amides is 1. The van der Waals surface area contributed by atoms with Gasteiger partial charge in [-0.2, -0.15) is 4.31 Å². The maximum Gasteiger partial charge on any atom is 0.260 e. The van der Waals surface area contributed by atoms with Gasteiger partial charge in [-0.15, -0.1) is 25.6 Å². The number of sulfonamides is 1. The molecule has 3 rings (SSSR count). The Morgan fingerprint density at radius 2 is 1.70 bits per heavy atom. The molecule has 0 saturated carbocycles. The number of aromatic nitrogens is 1. The van der Waals surface area contributed by atoms with E-state index in [1.165, 1.54) is 39.9 Å². The Morgan fingerprint density at radius 3 is 2.27 bits per heavy atom. The third kappa shape index (κ3) is 7.39. The fraction of sp³-hybridized carbons (Fsp3) is 0.308. The molecule has 1 heterocycles. The summed E-state index contributed by atoms with van der Waals surface area (Å²) in [7, 11) is 1.82. The monoisotopic (exact) mass is 564 g/mol. The van der Waals surface area contributed by atoms with E-state index in [-0.39, 0.29) is 36.3 Å². The Balaban J connectivity index is 0.00000481. The van der Waals surface area contributed by atoms with E-state index >= 15 is 0 Å². The molecule has 0 aliphatic rings.